The molecule has 0 aliphatic heterocycles. The summed E-state index contributed by atoms with van der Waals surface area (Å²) in [6.07, 6.45) is 3.91. The van der Waals surface area contributed by atoms with E-state index >= 15 is 0 Å². The SMILES string of the molecule is O=C(NCc1nnc2c(-c3nc(C4CC4)no3)cccn12)c1cc(Cl)ccc1F. The molecule has 0 spiro atoms. The average molecular weight is 413 g/mol. The van der Waals surface area contributed by atoms with E-state index in [1.807, 2.05) is 6.07 Å². The zero-order chi connectivity index (χ0) is 20.0. The molecule has 0 bridgehead atoms. The minimum atomic E-state index is -0.650. The first-order valence-corrected chi connectivity index (χ1v) is 9.38. The van der Waals surface area contributed by atoms with Gasteiger partial charge in [0, 0.05) is 17.1 Å². The first-order valence-electron chi connectivity index (χ1n) is 9.00. The summed E-state index contributed by atoms with van der Waals surface area (Å²) in [5.41, 5.74) is 1.04. The van der Waals surface area contributed by atoms with Crippen LogP contribution in [0, 0.1) is 5.82 Å². The number of rotatable bonds is 5. The number of carbonyl (C=O) groups is 1. The number of pyridine rings is 1. The molecule has 5 rings (SSSR count). The van der Waals surface area contributed by atoms with Crippen LogP contribution < -0.4 is 5.32 Å². The molecule has 1 aliphatic carbocycles. The van der Waals surface area contributed by atoms with Gasteiger partial charge in [-0.05, 0) is 43.2 Å². The van der Waals surface area contributed by atoms with Gasteiger partial charge in [0.05, 0.1) is 17.7 Å². The predicted molar refractivity (Wildman–Crippen MR) is 101 cm³/mol. The van der Waals surface area contributed by atoms with Gasteiger partial charge in [-0.1, -0.05) is 16.8 Å². The van der Waals surface area contributed by atoms with E-state index in [0.29, 0.717) is 34.7 Å². The average Bonchev–Trinajstić information content (AvgIpc) is 3.31. The number of fused-ring (bicyclic) bond motifs is 1. The van der Waals surface area contributed by atoms with Crippen molar-refractivity contribution < 1.29 is 13.7 Å². The van der Waals surface area contributed by atoms with Gasteiger partial charge in [-0.15, -0.1) is 10.2 Å². The second-order valence-corrected chi connectivity index (χ2v) is 7.21. The Kier molecular flexibility index (Phi) is 4.24. The molecular formula is C19H14ClFN6O2. The largest absolute Gasteiger partial charge is 0.345 e. The molecule has 29 heavy (non-hydrogen) atoms. The Hall–Kier alpha value is -3.33. The van der Waals surface area contributed by atoms with Gasteiger partial charge in [-0.3, -0.25) is 9.20 Å². The van der Waals surface area contributed by atoms with Crippen LogP contribution in [0.25, 0.3) is 17.1 Å². The second-order valence-electron chi connectivity index (χ2n) is 6.77. The molecule has 0 atom stereocenters. The number of aromatic nitrogens is 5. The first-order chi connectivity index (χ1) is 14.1. The third kappa shape index (κ3) is 3.33. The summed E-state index contributed by atoms with van der Waals surface area (Å²) in [5.74, 6) is 0.688. The van der Waals surface area contributed by atoms with Gasteiger partial charge in [-0.25, -0.2) is 4.39 Å². The summed E-state index contributed by atoms with van der Waals surface area (Å²) in [6, 6.07) is 7.43. The Morgan fingerprint density at radius 3 is 3.00 bits per heavy atom. The maximum Gasteiger partial charge on any atom is 0.261 e. The molecule has 1 N–H and O–H groups in total. The lowest BCUT2D eigenvalue weighted by molar-refractivity contribution is 0.0945. The lowest BCUT2D eigenvalue weighted by Crippen LogP contribution is -2.25. The van der Waals surface area contributed by atoms with Crippen LogP contribution in [0.15, 0.2) is 41.1 Å². The van der Waals surface area contributed by atoms with Gasteiger partial charge in [-0.2, -0.15) is 4.98 Å². The van der Waals surface area contributed by atoms with Crippen LogP contribution in [0.4, 0.5) is 4.39 Å². The van der Waals surface area contributed by atoms with E-state index < -0.39 is 11.7 Å². The maximum absolute atomic E-state index is 13.9. The summed E-state index contributed by atoms with van der Waals surface area (Å²) >= 11 is 5.85. The van der Waals surface area contributed by atoms with E-state index in [1.165, 1.54) is 12.1 Å². The van der Waals surface area contributed by atoms with Crippen molar-refractivity contribution in [3.05, 3.63) is 64.6 Å². The summed E-state index contributed by atoms with van der Waals surface area (Å²) in [4.78, 5) is 16.8. The van der Waals surface area contributed by atoms with Gasteiger partial charge in [0.1, 0.15) is 5.82 Å². The zero-order valence-corrected chi connectivity index (χ0v) is 15.7. The fourth-order valence-corrected chi connectivity index (χ4v) is 3.20. The molecule has 8 nitrogen and oxygen atoms in total. The number of benzene rings is 1. The fraction of sp³-hybridized carbons (Fsp3) is 0.211. The number of carbonyl (C=O) groups excluding carboxylic acids is 1. The van der Waals surface area contributed by atoms with Crippen LogP contribution in [0.2, 0.25) is 5.02 Å². The molecule has 1 amide bonds. The number of amides is 1. The molecule has 10 heteroatoms. The van der Waals surface area contributed by atoms with Crippen molar-refractivity contribution in [2.45, 2.75) is 25.3 Å². The standard InChI is InChI=1S/C19H14ClFN6O2/c20-11-5-6-14(21)13(8-11)18(28)22-9-15-24-25-17-12(2-1-7-27(15)17)19-23-16(26-29-19)10-3-4-10/h1-2,5-8,10H,3-4,9H2,(H,22,28). The number of nitrogens with zero attached hydrogens (tertiary/aromatic N) is 5. The Morgan fingerprint density at radius 1 is 1.31 bits per heavy atom. The Bertz CT molecular complexity index is 1230. The second kappa shape index (κ2) is 6.93. The van der Waals surface area contributed by atoms with Crippen LogP contribution in [0.3, 0.4) is 0 Å². The molecule has 0 saturated heterocycles. The van der Waals surface area contributed by atoms with Crippen molar-refractivity contribution in [3.63, 3.8) is 0 Å². The van der Waals surface area contributed by atoms with Crippen molar-refractivity contribution in [2.75, 3.05) is 0 Å². The van der Waals surface area contributed by atoms with Crippen molar-refractivity contribution in [1.82, 2.24) is 30.1 Å². The molecule has 1 fully saturated rings. The van der Waals surface area contributed by atoms with Crippen molar-refractivity contribution in [2.24, 2.45) is 0 Å². The molecule has 3 heterocycles. The Balaban J connectivity index is 1.40. The lowest BCUT2D eigenvalue weighted by atomic mass is 10.2. The van der Waals surface area contributed by atoms with Gasteiger partial charge in [0.15, 0.2) is 17.3 Å². The van der Waals surface area contributed by atoms with E-state index in [1.54, 1.807) is 16.7 Å². The molecule has 1 aromatic carbocycles. The molecular weight excluding hydrogens is 399 g/mol. The predicted octanol–water partition coefficient (Wildman–Crippen LogP) is 3.38. The van der Waals surface area contributed by atoms with Crippen LogP contribution in [0.1, 0.15) is 40.8 Å². The molecule has 3 aromatic heterocycles. The molecule has 0 unspecified atom stereocenters. The fourth-order valence-electron chi connectivity index (χ4n) is 3.03. The van der Waals surface area contributed by atoms with Gasteiger partial charge in [0.25, 0.3) is 11.8 Å². The van der Waals surface area contributed by atoms with Gasteiger partial charge < -0.3 is 9.84 Å². The number of hydrogen-bond donors (Lipinski definition) is 1. The van der Waals surface area contributed by atoms with Crippen LogP contribution in [-0.4, -0.2) is 30.6 Å². The number of nitrogens with one attached hydrogen (secondary N) is 1. The highest BCUT2D eigenvalue weighted by molar-refractivity contribution is 6.31. The molecule has 4 aromatic rings. The third-order valence-electron chi connectivity index (χ3n) is 4.70. The number of hydrogen-bond acceptors (Lipinski definition) is 6. The highest BCUT2D eigenvalue weighted by Gasteiger charge is 2.29. The monoisotopic (exact) mass is 412 g/mol. The zero-order valence-electron chi connectivity index (χ0n) is 15.0. The van der Waals surface area contributed by atoms with E-state index in [4.69, 9.17) is 16.1 Å². The normalized spacial score (nSPS) is 13.7. The van der Waals surface area contributed by atoms with Crippen molar-refractivity contribution in [1.29, 1.82) is 0 Å². The summed E-state index contributed by atoms with van der Waals surface area (Å²) in [6.45, 7) is 0.0482. The van der Waals surface area contributed by atoms with E-state index in [0.717, 1.165) is 18.9 Å². The maximum atomic E-state index is 13.9. The first kappa shape index (κ1) is 17.7. The van der Waals surface area contributed by atoms with Gasteiger partial charge >= 0.3 is 0 Å². The minimum absolute atomic E-state index is 0.0482. The van der Waals surface area contributed by atoms with Gasteiger partial charge in [0.2, 0.25) is 0 Å². The van der Waals surface area contributed by atoms with E-state index in [2.05, 4.69) is 25.7 Å². The summed E-state index contributed by atoms with van der Waals surface area (Å²) in [7, 11) is 0. The molecule has 0 radical (unpaired) electrons. The highest BCUT2D eigenvalue weighted by Crippen LogP contribution is 2.39. The smallest absolute Gasteiger partial charge is 0.261 e. The lowest BCUT2D eigenvalue weighted by Gasteiger charge is -2.06. The third-order valence-corrected chi connectivity index (χ3v) is 4.94. The highest BCUT2D eigenvalue weighted by atomic mass is 35.5. The minimum Gasteiger partial charge on any atom is -0.345 e. The van der Waals surface area contributed by atoms with Crippen LogP contribution in [-0.2, 0) is 6.54 Å². The molecule has 1 saturated carbocycles. The van der Waals surface area contributed by atoms with E-state index in [9.17, 15) is 9.18 Å². The summed E-state index contributed by atoms with van der Waals surface area (Å²) in [5, 5.41) is 15.3. The van der Waals surface area contributed by atoms with Crippen molar-refractivity contribution >= 4 is 23.2 Å². The van der Waals surface area contributed by atoms with Crippen LogP contribution in [0.5, 0.6) is 0 Å². The van der Waals surface area contributed by atoms with Crippen LogP contribution >= 0.6 is 11.6 Å². The van der Waals surface area contributed by atoms with E-state index in [-0.39, 0.29) is 17.1 Å². The Morgan fingerprint density at radius 2 is 2.17 bits per heavy atom. The topological polar surface area (TPSA) is 98.2 Å². The Labute approximate surface area is 168 Å². The summed E-state index contributed by atoms with van der Waals surface area (Å²) < 4.78 is 21.0. The molecule has 1 aliphatic rings. The number of halogens is 2. The quantitative estimate of drug-likeness (QED) is 0.539. The molecule has 146 valence electrons. The van der Waals surface area contributed by atoms with Crippen molar-refractivity contribution in [3.8, 4) is 11.5 Å².